The van der Waals surface area contributed by atoms with Crippen LogP contribution in [0.3, 0.4) is 0 Å². The monoisotopic (exact) mass is 169 g/mol. The predicted octanol–water partition coefficient (Wildman–Crippen LogP) is 2.34. The van der Waals surface area contributed by atoms with Gasteiger partial charge in [-0.3, -0.25) is 0 Å². The summed E-state index contributed by atoms with van der Waals surface area (Å²) in [5, 5.41) is 4.41. The average molecular weight is 169 g/mol. The molecule has 1 aromatic rings. The lowest BCUT2D eigenvalue weighted by Crippen LogP contribution is -2.15. The van der Waals surface area contributed by atoms with E-state index in [-0.39, 0.29) is 0 Å². The lowest BCUT2D eigenvalue weighted by atomic mass is 10.1. The smallest absolute Gasteiger partial charge is 0.00136 e. The van der Waals surface area contributed by atoms with E-state index >= 15 is 0 Å². The number of nitrogens with two attached hydrogens (primary N) is 1. The summed E-state index contributed by atoms with van der Waals surface area (Å²) in [6.07, 6.45) is 2.23. The maximum Gasteiger partial charge on any atom is 0.00136 e. The molecule has 1 heterocycles. The van der Waals surface area contributed by atoms with Gasteiger partial charge in [0.15, 0.2) is 0 Å². The SMILES string of the molecule is Cc1cscc1CCC(C)N. The maximum atomic E-state index is 5.66. The summed E-state index contributed by atoms with van der Waals surface area (Å²) in [6.45, 7) is 4.22. The van der Waals surface area contributed by atoms with E-state index in [1.807, 2.05) is 0 Å². The lowest BCUT2D eigenvalue weighted by molar-refractivity contribution is 0.665. The summed E-state index contributed by atoms with van der Waals surface area (Å²) in [5.41, 5.74) is 8.54. The van der Waals surface area contributed by atoms with Crippen LogP contribution < -0.4 is 5.73 Å². The van der Waals surface area contributed by atoms with Crippen molar-refractivity contribution in [1.29, 1.82) is 0 Å². The van der Waals surface area contributed by atoms with Crippen molar-refractivity contribution in [3.05, 3.63) is 21.9 Å². The Morgan fingerprint density at radius 2 is 2.27 bits per heavy atom. The Hall–Kier alpha value is -0.340. The highest BCUT2D eigenvalue weighted by Crippen LogP contribution is 2.15. The van der Waals surface area contributed by atoms with Crippen molar-refractivity contribution in [3.8, 4) is 0 Å². The maximum absolute atomic E-state index is 5.66. The van der Waals surface area contributed by atoms with Gasteiger partial charge in [-0.1, -0.05) is 0 Å². The molecule has 2 heteroatoms. The summed E-state index contributed by atoms with van der Waals surface area (Å²) >= 11 is 1.78. The van der Waals surface area contributed by atoms with Crippen LogP contribution in [-0.2, 0) is 6.42 Å². The zero-order chi connectivity index (χ0) is 8.27. The van der Waals surface area contributed by atoms with Gasteiger partial charge in [-0.05, 0) is 48.6 Å². The van der Waals surface area contributed by atoms with Gasteiger partial charge in [0.1, 0.15) is 0 Å². The number of hydrogen-bond donors (Lipinski definition) is 1. The topological polar surface area (TPSA) is 26.0 Å². The molecule has 1 aromatic heterocycles. The minimum Gasteiger partial charge on any atom is -0.328 e. The van der Waals surface area contributed by atoms with Crippen molar-refractivity contribution in [2.24, 2.45) is 5.73 Å². The average Bonchev–Trinajstić information content (AvgIpc) is 2.31. The first-order valence-electron chi connectivity index (χ1n) is 3.97. The fourth-order valence-corrected chi connectivity index (χ4v) is 1.92. The molecule has 0 aliphatic heterocycles. The Balaban J connectivity index is 2.44. The summed E-state index contributed by atoms with van der Waals surface area (Å²) in [7, 11) is 0. The van der Waals surface area contributed by atoms with Crippen LogP contribution in [0.4, 0.5) is 0 Å². The van der Waals surface area contributed by atoms with Crippen molar-refractivity contribution < 1.29 is 0 Å². The van der Waals surface area contributed by atoms with Crippen molar-refractivity contribution >= 4 is 11.3 Å². The molecule has 11 heavy (non-hydrogen) atoms. The first-order valence-corrected chi connectivity index (χ1v) is 4.91. The number of rotatable bonds is 3. The molecule has 0 spiro atoms. The van der Waals surface area contributed by atoms with Crippen LogP contribution >= 0.6 is 11.3 Å². The highest BCUT2D eigenvalue weighted by atomic mass is 32.1. The van der Waals surface area contributed by atoms with Crippen LogP contribution in [0.1, 0.15) is 24.5 Å². The third-order valence-electron chi connectivity index (χ3n) is 1.83. The van der Waals surface area contributed by atoms with Crippen molar-refractivity contribution in [2.45, 2.75) is 32.7 Å². The van der Waals surface area contributed by atoms with E-state index in [0.29, 0.717) is 6.04 Å². The van der Waals surface area contributed by atoms with Crippen molar-refractivity contribution in [1.82, 2.24) is 0 Å². The van der Waals surface area contributed by atoms with Gasteiger partial charge < -0.3 is 5.73 Å². The molecule has 0 aromatic carbocycles. The second-order valence-electron chi connectivity index (χ2n) is 3.10. The Labute approximate surface area is 72.2 Å². The van der Waals surface area contributed by atoms with Crippen LogP contribution in [0, 0.1) is 6.92 Å². The molecule has 0 aliphatic rings. The number of thiophene rings is 1. The minimum atomic E-state index is 0.328. The van der Waals surface area contributed by atoms with E-state index in [0.717, 1.165) is 12.8 Å². The van der Waals surface area contributed by atoms with Gasteiger partial charge >= 0.3 is 0 Å². The molecule has 0 fully saturated rings. The Kier molecular flexibility index (Phi) is 3.09. The van der Waals surface area contributed by atoms with Gasteiger partial charge in [-0.25, -0.2) is 0 Å². The first kappa shape index (κ1) is 8.75. The molecular weight excluding hydrogens is 154 g/mol. The number of hydrogen-bond acceptors (Lipinski definition) is 2. The molecule has 0 saturated heterocycles. The molecular formula is C9H15NS. The predicted molar refractivity (Wildman–Crippen MR) is 51.0 cm³/mol. The normalized spacial score (nSPS) is 13.4. The van der Waals surface area contributed by atoms with Crippen LogP contribution in [0.5, 0.6) is 0 Å². The number of aryl methyl sites for hydroxylation is 2. The van der Waals surface area contributed by atoms with Crippen LogP contribution in [0.25, 0.3) is 0 Å². The molecule has 1 atom stereocenters. The molecule has 1 rings (SSSR count). The highest BCUT2D eigenvalue weighted by molar-refractivity contribution is 7.08. The third-order valence-corrected chi connectivity index (χ3v) is 2.74. The Bertz CT molecular complexity index is 215. The standard InChI is InChI=1S/C9H15NS/c1-7-5-11-6-9(7)4-3-8(2)10/h5-6,8H,3-4,10H2,1-2H3. The summed E-state index contributed by atoms with van der Waals surface area (Å²) in [5.74, 6) is 0. The van der Waals surface area contributed by atoms with Crippen LogP contribution in [-0.4, -0.2) is 6.04 Å². The van der Waals surface area contributed by atoms with Crippen LogP contribution in [0.2, 0.25) is 0 Å². The van der Waals surface area contributed by atoms with Gasteiger partial charge in [-0.15, -0.1) is 0 Å². The van der Waals surface area contributed by atoms with Crippen molar-refractivity contribution in [2.75, 3.05) is 0 Å². The minimum absolute atomic E-state index is 0.328. The molecule has 1 unspecified atom stereocenters. The van der Waals surface area contributed by atoms with E-state index in [1.54, 1.807) is 11.3 Å². The first-order chi connectivity index (χ1) is 5.20. The zero-order valence-electron chi connectivity index (χ0n) is 7.13. The third kappa shape index (κ3) is 2.64. The summed E-state index contributed by atoms with van der Waals surface area (Å²) in [6, 6.07) is 0.328. The van der Waals surface area contributed by atoms with E-state index in [1.165, 1.54) is 11.1 Å². The quantitative estimate of drug-likeness (QED) is 0.738. The Morgan fingerprint density at radius 1 is 1.55 bits per heavy atom. The van der Waals surface area contributed by atoms with Crippen molar-refractivity contribution in [3.63, 3.8) is 0 Å². The molecule has 0 saturated carbocycles. The molecule has 0 aliphatic carbocycles. The largest absolute Gasteiger partial charge is 0.328 e. The molecule has 0 radical (unpaired) electrons. The lowest BCUT2D eigenvalue weighted by Gasteiger charge is -2.03. The second kappa shape index (κ2) is 3.88. The fourth-order valence-electron chi connectivity index (χ4n) is 1.03. The van der Waals surface area contributed by atoms with Gasteiger partial charge in [0.25, 0.3) is 0 Å². The summed E-state index contributed by atoms with van der Waals surface area (Å²) < 4.78 is 0. The second-order valence-corrected chi connectivity index (χ2v) is 3.84. The highest BCUT2D eigenvalue weighted by Gasteiger charge is 2.00. The molecule has 2 N–H and O–H groups in total. The summed E-state index contributed by atoms with van der Waals surface area (Å²) in [4.78, 5) is 0. The molecule has 62 valence electrons. The van der Waals surface area contributed by atoms with Gasteiger partial charge in [-0.2, -0.15) is 11.3 Å². The fraction of sp³-hybridized carbons (Fsp3) is 0.556. The van der Waals surface area contributed by atoms with E-state index in [4.69, 9.17) is 5.73 Å². The molecule has 1 nitrogen and oxygen atoms in total. The van der Waals surface area contributed by atoms with E-state index in [9.17, 15) is 0 Å². The zero-order valence-corrected chi connectivity index (χ0v) is 7.95. The van der Waals surface area contributed by atoms with Gasteiger partial charge in [0.05, 0.1) is 0 Å². The van der Waals surface area contributed by atoms with Crippen LogP contribution in [0.15, 0.2) is 10.8 Å². The Morgan fingerprint density at radius 3 is 2.73 bits per heavy atom. The van der Waals surface area contributed by atoms with E-state index < -0.39 is 0 Å². The molecule has 0 bridgehead atoms. The van der Waals surface area contributed by atoms with Gasteiger partial charge in [0, 0.05) is 6.04 Å². The van der Waals surface area contributed by atoms with E-state index in [2.05, 4.69) is 24.6 Å². The molecule has 0 amide bonds. The van der Waals surface area contributed by atoms with Gasteiger partial charge in [0.2, 0.25) is 0 Å².